The van der Waals surface area contributed by atoms with Crippen LogP contribution < -0.4 is 5.32 Å². The van der Waals surface area contributed by atoms with E-state index in [0.29, 0.717) is 30.2 Å². The van der Waals surface area contributed by atoms with Gasteiger partial charge in [-0.1, -0.05) is 17.7 Å². The third-order valence-electron chi connectivity index (χ3n) is 6.17. The predicted octanol–water partition coefficient (Wildman–Crippen LogP) is 5.31. The van der Waals surface area contributed by atoms with Crippen LogP contribution in [0.15, 0.2) is 48.9 Å². The van der Waals surface area contributed by atoms with Crippen LogP contribution in [0.25, 0.3) is 10.9 Å². The van der Waals surface area contributed by atoms with Gasteiger partial charge in [-0.2, -0.15) is 0 Å². The Morgan fingerprint density at radius 3 is 2.69 bits per heavy atom. The standard InChI is InChI=1S/C26H31ClN4O4/c1-26(2,3)34-25(33)35-31-13-9-17(10-14-31)21(18-5-4-11-28-15-18)16-30-24(32)20-6-7-22-19(23(20)27)8-12-29-22/h4-8,11-12,15,17,21,29H,9-10,13-14,16H2,1-3H3,(H,30,32). The second-order valence-corrected chi connectivity index (χ2v) is 10.2. The number of carbonyl (C=O) groups excluding carboxylic acids is 2. The quantitative estimate of drug-likeness (QED) is 0.447. The lowest BCUT2D eigenvalue weighted by atomic mass is 9.80. The first-order chi connectivity index (χ1) is 16.7. The fourth-order valence-corrected chi connectivity index (χ4v) is 4.78. The minimum Gasteiger partial charge on any atom is -0.427 e. The summed E-state index contributed by atoms with van der Waals surface area (Å²) >= 11 is 6.51. The molecule has 1 unspecified atom stereocenters. The molecule has 2 N–H and O–H groups in total. The smallest absolute Gasteiger partial charge is 0.427 e. The summed E-state index contributed by atoms with van der Waals surface area (Å²) in [6, 6.07) is 9.39. The molecule has 3 aromatic rings. The molecule has 4 rings (SSSR count). The van der Waals surface area contributed by atoms with Gasteiger partial charge in [0.15, 0.2) is 0 Å². The summed E-state index contributed by atoms with van der Waals surface area (Å²) in [6.07, 6.45) is 6.29. The normalized spacial score (nSPS) is 16.1. The van der Waals surface area contributed by atoms with E-state index >= 15 is 0 Å². The fraction of sp³-hybridized carbons (Fsp3) is 0.423. The Morgan fingerprint density at radius 1 is 1.23 bits per heavy atom. The molecule has 1 fully saturated rings. The number of fused-ring (bicyclic) bond motifs is 1. The van der Waals surface area contributed by atoms with Crippen LogP contribution in [-0.4, -0.2) is 52.3 Å². The Hall–Kier alpha value is -3.10. The van der Waals surface area contributed by atoms with E-state index in [9.17, 15) is 9.59 Å². The lowest BCUT2D eigenvalue weighted by Gasteiger charge is -2.35. The summed E-state index contributed by atoms with van der Waals surface area (Å²) in [5.41, 5.74) is 1.80. The Labute approximate surface area is 209 Å². The third kappa shape index (κ3) is 6.32. The number of hydroxylamine groups is 2. The number of carbonyl (C=O) groups is 2. The van der Waals surface area contributed by atoms with Crippen molar-refractivity contribution in [3.63, 3.8) is 0 Å². The molecule has 0 bridgehead atoms. The number of pyridine rings is 1. The molecule has 9 heteroatoms. The number of nitrogens with one attached hydrogen (secondary N) is 2. The Bertz CT molecular complexity index is 1170. The van der Waals surface area contributed by atoms with Gasteiger partial charge in [-0.25, -0.2) is 4.79 Å². The number of piperidine rings is 1. The molecule has 1 aromatic carbocycles. The molecule has 1 atom stereocenters. The molecular weight excluding hydrogens is 468 g/mol. The van der Waals surface area contributed by atoms with E-state index in [1.165, 1.54) is 0 Å². The lowest BCUT2D eigenvalue weighted by molar-refractivity contribution is -0.156. The van der Waals surface area contributed by atoms with Crippen molar-refractivity contribution in [1.29, 1.82) is 0 Å². The van der Waals surface area contributed by atoms with Crippen LogP contribution >= 0.6 is 11.6 Å². The zero-order valence-electron chi connectivity index (χ0n) is 20.2. The SMILES string of the molecule is CC(C)(C)OC(=O)ON1CCC(C(CNC(=O)c2ccc3[nH]ccc3c2Cl)c2cccnc2)CC1. The van der Waals surface area contributed by atoms with Crippen molar-refractivity contribution in [3.05, 3.63) is 65.1 Å². The second-order valence-electron chi connectivity index (χ2n) is 9.79. The number of aromatic amines is 1. The number of rotatable bonds is 6. The van der Waals surface area contributed by atoms with Crippen LogP contribution in [0.5, 0.6) is 0 Å². The number of H-pyrrole nitrogens is 1. The number of benzene rings is 1. The van der Waals surface area contributed by atoms with E-state index in [2.05, 4.69) is 15.3 Å². The molecule has 1 saturated heterocycles. The maximum atomic E-state index is 13.0. The van der Waals surface area contributed by atoms with Crippen LogP contribution in [0, 0.1) is 5.92 Å². The van der Waals surface area contributed by atoms with Gasteiger partial charge in [-0.3, -0.25) is 9.78 Å². The first-order valence-corrected chi connectivity index (χ1v) is 12.2. The van der Waals surface area contributed by atoms with Gasteiger partial charge in [0.1, 0.15) is 5.60 Å². The number of hydrogen-bond donors (Lipinski definition) is 2. The van der Waals surface area contributed by atoms with Gasteiger partial charge in [-0.15, -0.1) is 5.06 Å². The monoisotopic (exact) mass is 498 g/mol. The highest BCUT2D eigenvalue weighted by atomic mass is 35.5. The number of ether oxygens (including phenoxy) is 1. The molecule has 2 aromatic heterocycles. The van der Waals surface area contributed by atoms with Gasteiger partial charge in [0.05, 0.1) is 10.6 Å². The van der Waals surface area contributed by atoms with Crippen LogP contribution in [0.4, 0.5) is 4.79 Å². The number of halogens is 1. The molecule has 0 spiro atoms. The van der Waals surface area contributed by atoms with Crippen LogP contribution in [-0.2, 0) is 9.57 Å². The fourth-order valence-electron chi connectivity index (χ4n) is 4.47. The molecule has 186 valence electrons. The van der Waals surface area contributed by atoms with Crippen molar-refractivity contribution in [1.82, 2.24) is 20.3 Å². The molecule has 3 heterocycles. The minimum absolute atomic E-state index is 0.0612. The highest BCUT2D eigenvalue weighted by molar-refractivity contribution is 6.38. The van der Waals surface area contributed by atoms with Crippen molar-refractivity contribution in [2.24, 2.45) is 5.92 Å². The number of aromatic nitrogens is 2. The van der Waals surface area contributed by atoms with E-state index in [0.717, 1.165) is 29.3 Å². The van der Waals surface area contributed by atoms with Crippen molar-refractivity contribution >= 4 is 34.6 Å². The summed E-state index contributed by atoms with van der Waals surface area (Å²) in [5, 5.41) is 5.99. The van der Waals surface area contributed by atoms with Gasteiger partial charge in [0, 0.05) is 55.0 Å². The lowest BCUT2D eigenvalue weighted by Crippen LogP contribution is -2.40. The first kappa shape index (κ1) is 25.0. The van der Waals surface area contributed by atoms with Crippen LogP contribution in [0.1, 0.15) is 55.5 Å². The third-order valence-corrected chi connectivity index (χ3v) is 6.58. The van der Waals surface area contributed by atoms with Crippen molar-refractivity contribution in [2.75, 3.05) is 19.6 Å². The predicted molar refractivity (Wildman–Crippen MR) is 134 cm³/mol. The van der Waals surface area contributed by atoms with Crippen molar-refractivity contribution < 1.29 is 19.2 Å². The molecule has 1 aliphatic rings. The molecule has 35 heavy (non-hydrogen) atoms. The summed E-state index contributed by atoms with van der Waals surface area (Å²) < 4.78 is 5.25. The highest BCUT2D eigenvalue weighted by Crippen LogP contribution is 2.33. The van der Waals surface area contributed by atoms with E-state index in [-0.39, 0.29) is 17.7 Å². The van der Waals surface area contributed by atoms with Crippen LogP contribution in [0.2, 0.25) is 5.02 Å². The average Bonchev–Trinajstić information content (AvgIpc) is 3.30. The first-order valence-electron chi connectivity index (χ1n) is 11.8. The van der Waals surface area contributed by atoms with Gasteiger partial charge < -0.3 is 19.9 Å². The van der Waals surface area contributed by atoms with Crippen molar-refractivity contribution in [2.45, 2.75) is 45.1 Å². The molecule has 0 aliphatic carbocycles. The molecule has 0 saturated carbocycles. The highest BCUT2D eigenvalue weighted by Gasteiger charge is 2.31. The Balaban J connectivity index is 1.40. The Kier molecular flexibility index (Phi) is 7.62. The molecule has 1 aliphatic heterocycles. The number of hydrogen-bond acceptors (Lipinski definition) is 6. The topological polar surface area (TPSA) is 96.5 Å². The molecule has 1 amide bonds. The Morgan fingerprint density at radius 2 is 2.00 bits per heavy atom. The van der Waals surface area contributed by atoms with E-state index in [4.69, 9.17) is 21.2 Å². The van der Waals surface area contributed by atoms with Crippen molar-refractivity contribution in [3.8, 4) is 0 Å². The number of nitrogens with zero attached hydrogens (tertiary/aromatic N) is 2. The summed E-state index contributed by atoms with van der Waals surface area (Å²) in [7, 11) is 0. The zero-order chi connectivity index (χ0) is 25.0. The molecule has 8 nitrogen and oxygen atoms in total. The second kappa shape index (κ2) is 10.7. The van der Waals surface area contributed by atoms with Crippen LogP contribution in [0.3, 0.4) is 0 Å². The average molecular weight is 499 g/mol. The van der Waals surface area contributed by atoms with Gasteiger partial charge in [0.25, 0.3) is 5.91 Å². The van der Waals surface area contributed by atoms with Gasteiger partial charge in [0.2, 0.25) is 0 Å². The van der Waals surface area contributed by atoms with Gasteiger partial charge in [-0.05, 0) is 69.4 Å². The largest absolute Gasteiger partial charge is 0.528 e. The minimum atomic E-state index is -0.691. The molecule has 0 radical (unpaired) electrons. The number of amides is 1. The maximum absolute atomic E-state index is 13.0. The van der Waals surface area contributed by atoms with E-state index in [1.54, 1.807) is 44.3 Å². The van der Waals surface area contributed by atoms with E-state index in [1.807, 2.05) is 30.5 Å². The summed E-state index contributed by atoms with van der Waals surface area (Å²) in [6.45, 7) is 7.03. The van der Waals surface area contributed by atoms with Gasteiger partial charge >= 0.3 is 6.16 Å². The van der Waals surface area contributed by atoms with E-state index < -0.39 is 11.8 Å². The maximum Gasteiger partial charge on any atom is 0.528 e. The summed E-state index contributed by atoms with van der Waals surface area (Å²) in [5.74, 6) is 0.129. The zero-order valence-corrected chi connectivity index (χ0v) is 21.0. The summed E-state index contributed by atoms with van der Waals surface area (Å²) in [4.78, 5) is 37.8. The molecular formula is C26H31ClN4O4.